The van der Waals surface area contributed by atoms with Gasteiger partial charge in [0.15, 0.2) is 0 Å². The van der Waals surface area contributed by atoms with Gasteiger partial charge < -0.3 is 20.3 Å². The number of amides is 2. The normalized spacial score (nSPS) is 17.0. The molecule has 2 amide bonds. The number of rotatable bonds is 4. The lowest BCUT2D eigenvalue weighted by atomic mass is 10.2. The molecule has 2 aromatic rings. The molecule has 1 fully saturated rings. The first kappa shape index (κ1) is 17.5. The number of hydrogen-bond acceptors (Lipinski definition) is 5. The minimum atomic E-state index is -0.174. The van der Waals surface area contributed by atoms with Crippen LogP contribution >= 0.6 is 0 Å². The van der Waals surface area contributed by atoms with Crippen LogP contribution in [0.25, 0.3) is 0 Å². The topological polar surface area (TPSA) is 88.5 Å². The van der Waals surface area contributed by atoms with Gasteiger partial charge in [0.2, 0.25) is 5.91 Å². The second-order valence-electron chi connectivity index (χ2n) is 6.74. The Morgan fingerprint density at radius 3 is 2.78 bits per heavy atom. The number of nitrogens with zero attached hydrogens (tertiary/aromatic N) is 3. The Kier molecular flexibility index (Phi) is 5.06. The molecule has 8 heteroatoms. The van der Waals surface area contributed by atoms with Gasteiger partial charge in [-0.3, -0.25) is 14.3 Å². The Hall–Kier alpha value is -2.87. The van der Waals surface area contributed by atoms with Crippen molar-refractivity contribution in [2.75, 3.05) is 43.1 Å². The zero-order valence-corrected chi connectivity index (χ0v) is 15.1. The monoisotopic (exact) mass is 369 g/mol. The fourth-order valence-corrected chi connectivity index (χ4v) is 3.39. The molecule has 142 valence electrons. The largest absolute Gasteiger partial charge is 0.378 e. The van der Waals surface area contributed by atoms with Crippen LogP contribution in [0.4, 0.5) is 11.4 Å². The van der Waals surface area contributed by atoms with E-state index >= 15 is 0 Å². The molecule has 2 aliphatic rings. The molecule has 0 spiro atoms. The molecule has 0 atom stereocenters. The van der Waals surface area contributed by atoms with Crippen molar-refractivity contribution in [2.45, 2.75) is 19.4 Å². The minimum absolute atomic E-state index is 0.0749. The second-order valence-corrected chi connectivity index (χ2v) is 6.74. The maximum Gasteiger partial charge on any atom is 0.254 e. The van der Waals surface area contributed by atoms with Gasteiger partial charge in [-0.25, -0.2) is 0 Å². The van der Waals surface area contributed by atoms with Gasteiger partial charge >= 0.3 is 0 Å². The fraction of sp³-hybridized carbons (Fsp3) is 0.421. The zero-order valence-electron chi connectivity index (χ0n) is 15.1. The van der Waals surface area contributed by atoms with E-state index in [4.69, 9.17) is 4.74 Å². The van der Waals surface area contributed by atoms with E-state index in [1.807, 2.05) is 24.3 Å². The average Bonchev–Trinajstić information content (AvgIpc) is 3.01. The third kappa shape index (κ3) is 4.11. The van der Waals surface area contributed by atoms with Crippen LogP contribution in [0.3, 0.4) is 0 Å². The molecule has 3 heterocycles. The van der Waals surface area contributed by atoms with Gasteiger partial charge in [-0.1, -0.05) is 0 Å². The number of morpholine rings is 1. The molecule has 1 aromatic heterocycles. The number of aromatic nitrogens is 2. The summed E-state index contributed by atoms with van der Waals surface area (Å²) in [5.74, 6) is -0.292. The predicted molar refractivity (Wildman–Crippen MR) is 101 cm³/mol. The van der Waals surface area contributed by atoms with E-state index in [-0.39, 0.29) is 18.4 Å². The van der Waals surface area contributed by atoms with Gasteiger partial charge in [0.1, 0.15) is 6.54 Å². The fourth-order valence-electron chi connectivity index (χ4n) is 3.39. The van der Waals surface area contributed by atoms with Crippen molar-refractivity contribution in [3.05, 3.63) is 41.7 Å². The van der Waals surface area contributed by atoms with E-state index < -0.39 is 0 Å². The standard InChI is InChI=1S/C19H23N5O3/c25-18(13-24-12-16-17(22-24)2-1-7-20-19(16)26)21-14-3-5-15(6-4-14)23-8-10-27-11-9-23/h3-6,12H,1-2,7-11,13H2,(H,20,26)(H,21,25). The van der Waals surface area contributed by atoms with Crippen molar-refractivity contribution in [1.29, 1.82) is 0 Å². The lowest BCUT2D eigenvalue weighted by Crippen LogP contribution is -2.36. The molecule has 27 heavy (non-hydrogen) atoms. The first-order valence-corrected chi connectivity index (χ1v) is 9.26. The molecule has 4 rings (SSSR count). The van der Waals surface area contributed by atoms with Crippen LogP contribution in [0.15, 0.2) is 30.5 Å². The van der Waals surface area contributed by atoms with Crippen LogP contribution in [0.5, 0.6) is 0 Å². The summed E-state index contributed by atoms with van der Waals surface area (Å²) < 4.78 is 6.90. The molecule has 2 N–H and O–H groups in total. The van der Waals surface area contributed by atoms with Crippen molar-refractivity contribution in [3.63, 3.8) is 0 Å². The van der Waals surface area contributed by atoms with E-state index in [2.05, 4.69) is 20.6 Å². The number of nitrogens with one attached hydrogen (secondary N) is 2. The lowest BCUT2D eigenvalue weighted by Gasteiger charge is -2.28. The molecule has 2 aliphatic heterocycles. The molecule has 1 saturated heterocycles. The average molecular weight is 369 g/mol. The van der Waals surface area contributed by atoms with Crippen LogP contribution in [0.1, 0.15) is 22.5 Å². The third-order valence-electron chi connectivity index (χ3n) is 4.79. The minimum Gasteiger partial charge on any atom is -0.378 e. The molecule has 0 saturated carbocycles. The Labute approximate surface area is 157 Å². The maximum atomic E-state index is 12.3. The van der Waals surface area contributed by atoms with E-state index in [0.717, 1.165) is 56.2 Å². The van der Waals surface area contributed by atoms with E-state index in [1.165, 1.54) is 4.68 Å². The third-order valence-corrected chi connectivity index (χ3v) is 4.79. The lowest BCUT2D eigenvalue weighted by molar-refractivity contribution is -0.116. The van der Waals surface area contributed by atoms with Crippen molar-refractivity contribution in [1.82, 2.24) is 15.1 Å². The highest BCUT2D eigenvalue weighted by molar-refractivity contribution is 5.95. The predicted octanol–water partition coefficient (Wildman–Crippen LogP) is 1.03. The second kappa shape index (κ2) is 7.79. The van der Waals surface area contributed by atoms with Crippen LogP contribution in [-0.2, 0) is 22.5 Å². The van der Waals surface area contributed by atoms with Crippen molar-refractivity contribution in [2.24, 2.45) is 0 Å². The van der Waals surface area contributed by atoms with Gasteiger partial charge in [-0.05, 0) is 37.1 Å². The summed E-state index contributed by atoms with van der Waals surface area (Å²) in [6, 6.07) is 7.80. The van der Waals surface area contributed by atoms with E-state index in [0.29, 0.717) is 12.1 Å². The number of ether oxygens (including phenoxy) is 1. The molecular formula is C19H23N5O3. The summed E-state index contributed by atoms with van der Waals surface area (Å²) in [5, 5.41) is 10.1. The first-order chi connectivity index (χ1) is 13.2. The summed E-state index contributed by atoms with van der Waals surface area (Å²) in [5.41, 5.74) is 3.18. The number of carbonyl (C=O) groups is 2. The number of anilines is 2. The molecule has 0 bridgehead atoms. The number of aryl methyl sites for hydroxylation is 1. The van der Waals surface area contributed by atoms with Crippen molar-refractivity contribution >= 4 is 23.2 Å². The summed E-state index contributed by atoms with van der Waals surface area (Å²) >= 11 is 0. The molecule has 0 unspecified atom stereocenters. The first-order valence-electron chi connectivity index (χ1n) is 9.26. The maximum absolute atomic E-state index is 12.3. The molecule has 0 aliphatic carbocycles. The van der Waals surface area contributed by atoms with Crippen molar-refractivity contribution in [3.8, 4) is 0 Å². The molecular weight excluding hydrogens is 346 g/mol. The summed E-state index contributed by atoms with van der Waals surface area (Å²) in [7, 11) is 0. The number of benzene rings is 1. The summed E-state index contributed by atoms with van der Waals surface area (Å²) in [4.78, 5) is 26.6. The molecule has 0 radical (unpaired) electrons. The smallest absolute Gasteiger partial charge is 0.254 e. The zero-order chi connectivity index (χ0) is 18.6. The van der Waals surface area contributed by atoms with Crippen LogP contribution in [-0.4, -0.2) is 54.4 Å². The molecule has 1 aromatic carbocycles. The van der Waals surface area contributed by atoms with Crippen molar-refractivity contribution < 1.29 is 14.3 Å². The highest BCUT2D eigenvalue weighted by atomic mass is 16.5. The number of carbonyl (C=O) groups excluding carboxylic acids is 2. The van der Waals surface area contributed by atoms with Crippen LogP contribution in [0, 0.1) is 0 Å². The quantitative estimate of drug-likeness (QED) is 0.841. The van der Waals surface area contributed by atoms with Gasteiger partial charge in [0.25, 0.3) is 5.91 Å². The SMILES string of the molecule is O=C(Cn1cc2c(n1)CCCNC2=O)Nc1ccc(N2CCOCC2)cc1. The van der Waals surface area contributed by atoms with Crippen LogP contribution in [0.2, 0.25) is 0 Å². The van der Waals surface area contributed by atoms with Gasteiger partial charge in [0.05, 0.1) is 24.5 Å². The van der Waals surface area contributed by atoms with Gasteiger partial charge in [-0.2, -0.15) is 5.10 Å². The van der Waals surface area contributed by atoms with Gasteiger partial charge in [0, 0.05) is 37.2 Å². The summed E-state index contributed by atoms with van der Waals surface area (Å²) in [6.45, 7) is 3.98. The van der Waals surface area contributed by atoms with Gasteiger partial charge in [-0.15, -0.1) is 0 Å². The summed E-state index contributed by atoms with van der Waals surface area (Å²) in [6.07, 6.45) is 3.25. The number of fused-ring (bicyclic) bond motifs is 1. The highest BCUT2D eigenvalue weighted by Crippen LogP contribution is 2.19. The van der Waals surface area contributed by atoms with E-state index in [1.54, 1.807) is 6.20 Å². The highest BCUT2D eigenvalue weighted by Gasteiger charge is 2.19. The van der Waals surface area contributed by atoms with E-state index in [9.17, 15) is 9.59 Å². The Balaban J connectivity index is 1.37. The number of hydrogen-bond donors (Lipinski definition) is 2. The molecule has 8 nitrogen and oxygen atoms in total. The Morgan fingerprint density at radius 2 is 2.00 bits per heavy atom. The van der Waals surface area contributed by atoms with Crippen LogP contribution < -0.4 is 15.5 Å². The Morgan fingerprint density at radius 1 is 1.22 bits per heavy atom. The Bertz CT molecular complexity index is 824.